The highest BCUT2D eigenvalue weighted by atomic mass is 32.2. The molecule has 8 heteroatoms. The quantitative estimate of drug-likeness (QED) is 0.890. The standard InChI is InChI=1S/C12H15N3O4S/c1-8-12(9(2)19-15-8)20(16,17)14-7-10-4-5-11(18-3)13-6-10/h4-6,14H,7H2,1-3H3. The van der Waals surface area contributed by atoms with Crippen molar-refractivity contribution in [1.29, 1.82) is 0 Å². The summed E-state index contributed by atoms with van der Waals surface area (Å²) in [6.45, 7) is 3.27. The number of ether oxygens (including phenoxy) is 1. The molecule has 0 fully saturated rings. The molecule has 7 nitrogen and oxygen atoms in total. The first kappa shape index (κ1) is 14.5. The molecular formula is C12H15N3O4S. The van der Waals surface area contributed by atoms with Crippen molar-refractivity contribution in [1.82, 2.24) is 14.9 Å². The fourth-order valence-corrected chi connectivity index (χ4v) is 3.09. The summed E-state index contributed by atoms with van der Waals surface area (Å²) in [6, 6.07) is 3.40. The van der Waals surface area contributed by atoms with E-state index in [-0.39, 0.29) is 17.2 Å². The number of rotatable bonds is 5. The van der Waals surface area contributed by atoms with Gasteiger partial charge in [-0.2, -0.15) is 0 Å². The molecule has 20 heavy (non-hydrogen) atoms. The van der Waals surface area contributed by atoms with E-state index in [2.05, 4.69) is 14.9 Å². The summed E-state index contributed by atoms with van der Waals surface area (Å²) in [5.74, 6) is 0.741. The van der Waals surface area contributed by atoms with E-state index >= 15 is 0 Å². The number of aromatic nitrogens is 2. The second kappa shape index (κ2) is 5.59. The molecule has 0 aliphatic carbocycles. The summed E-state index contributed by atoms with van der Waals surface area (Å²) in [6.07, 6.45) is 1.55. The van der Waals surface area contributed by atoms with Gasteiger partial charge in [-0.25, -0.2) is 18.1 Å². The summed E-state index contributed by atoms with van der Waals surface area (Å²) in [5, 5.41) is 3.64. The van der Waals surface area contributed by atoms with Gasteiger partial charge in [-0.1, -0.05) is 11.2 Å². The third kappa shape index (κ3) is 2.97. The normalized spacial score (nSPS) is 11.6. The van der Waals surface area contributed by atoms with E-state index in [9.17, 15) is 8.42 Å². The van der Waals surface area contributed by atoms with Crippen molar-refractivity contribution in [3.8, 4) is 5.88 Å². The van der Waals surface area contributed by atoms with E-state index in [0.717, 1.165) is 5.56 Å². The number of aryl methyl sites for hydroxylation is 2. The maximum Gasteiger partial charge on any atom is 0.246 e. The van der Waals surface area contributed by atoms with Gasteiger partial charge in [-0.3, -0.25) is 0 Å². The van der Waals surface area contributed by atoms with Crippen LogP contribution in [0.5, 0.6) is 5.88 Å². The lowest BCUT2D eigenvalue weighted by Gasteiger charge is -2.06. The Hall–Kier alpha value is -1.93. The van der Waals surface area contributed by atoms with E-state index in [0.29, 0.717) is 11.6 Å². The molecule has 0 aromatic carbocycles. The van der Waals surface area contributed by atoms with Crippen LogP contribution in [0.2, 0.25) is 0 Å². The SMILES string of the molecule is COc1ccc(CNS(=O)(=O)c2c(C)noc2C)cn1. The van der Waals surface area contributed by atoms with Crippen LogP contribution in [0.1, 0.15) is 17.0 Å². The topological polar surface area (TPSA) is 94.3 Å². The second-order valence-electron chi connectivity index (χ2n) is 4.19. The number of sulfonamides is 1. The minimum Gasteiger partial charge on any atom is -0.481 e. The predicted molar refractivity (Wildman–Crippen MR) is 70.8 cm³/mol. The molecule has 0 spiro atoms. The Bertz CT molecular complexity index is 672. The van der Waals surface area contributed by atoms with Crippen LogP contribution in [0.4, 0.5) is 0 Å². The highest BCUT2D eigenvalue weighted by Crippen LogP contribution is 2.18. The fraction of sp³-hybridized carbons (Fsp3) is 0.333. The zero-order chi connectivity index (χ0) is 14.8. The van der Waals surface area contributed by atoms with Gasteiger partial charge < -0.3 is 9.26 Å². The first-order valence-corrected chi connectivity index (χ1v) is 7.34. The van der Waals surface area contributed by atoms with Gasteiger partial charge in [0, 0.05) is 18.8 Å². The maximum absolute atomic E-state index is 12.2. The Morgan fingerprint density at radius 2 is 2.10 bits per heavy atom. The van der Waals surface area contributed by atoms with Crippen molar-refractivity contribution in [2.24, 2.45) is 0 Å². The number of nitrogens with one attached hydrogen (secondary N) is 1. The number of hydrogen-bond donors (Lipinski definition) is 1. The molecule has 2 aromatic heterocycles. The van der Waals surface area contributed by atoms with Gasteiger partial charge in [0.25, 0.3) is 0 Å². The summed E-state index contributed by atoms with van der Waals surface area (Å²) in [5.41, 5.74) is 1.06. The fourth-order valence-electron chi connectivity index (χ4n) is 1.75. The Balaban J connectivity index is 2.13. The van der Waals surface area contributed by atoms with Gasteiger partial charge >= 0.3 is 0 Å². The van der Waals surface area contributed by atoms with Crippen molar-refractivity contribution < 1.29 is 17.7 Å². The highest BCUT2D eigenvalue weighted by molar-refractivity contribution is 7.89. The van der Waals surface area contributed by atoms with Crippen LogP contribution in [0, 0.1) is 13.8 Å². The Kier molecular flexibility index (Phi) is 4.05. The third-order valence-corrected chi connectivity index (χ3v) is 4.35. The van der Waals surface area contributed by atoms with E-state index in [4.69, 9.17) is 9.26 Å². The van der Waals surface area contributed by atoms with Crippen LogP contribution in [-0.2, 0) is 16.6 Å². The molecule has 0 saturated carbocycles. The third-order valence-electron chi connectivity index (χ3n) is 2.71. The molecule has 2 aromatic rings. The maximum atomic E-state index is 12.2. The van der Waals surface area contributed by atoms with Gasteiger partial charge in [-0.05, 0) is 19.4 Å². The number of nitrogens with zero attached hydrogens (tertiary/aromatic N) is 2. The first-order valence-electron chi connectivity index (χ1n) is 5.85. The molecule has 0 amide bonds. The molecule has 0 bridgehead atoms. The van der Waals surface area contributed by atoms with Crippen molar-refractivity contribution in [3.63, 3.8) is 0 Å². The summed E-state index contributed by atoms with van der Waals surface area (Å²) in [7, 11) is -2.14. The Labute approximate surface area is 117 Å². The van der Waals surface area contributed by atoms with E-state index in [1.165, 1.54) is 7.11 Å². The van der Waals surface area contributed by atoms with E-state index in [1.54, 1.807) is 32.2 Å². The summed E-state index contributed by atoms with van der Waals surface area (Å²) >= 11 is 0. The van der Waals surface area contributed by atoms with Gasteiger partial charge in [0.2, 0.25) is 15.9 Å². The lowest BCUT2D eigenvalue weighted by molar-refractivity contribution is 0.390. The lowest BCUT2D eigenvalue weighted by atomic mass is 10.3. The molecule has 0 aliphatic rings. The lowest BCUT2D eigenvalue weighted by Crippen LogP contribution is -2.24. The number of pyridine rings is 1. The van der Waals surface area contributed by atoms with Crippen molar-refractivity contribution >= 4 is 10.0 Å². The average Bonchev–Trinajstić information content (AvgIpc) is 2.77. The van der Waals surface area contributed by atoms with Gasteiger partial charge in [0.15, 0.2) is 5.76 Å². The molecule has 108 valence electrons. The summed E-state index contributed by atoms with van der Waals surface area (Å²) in [4.78, 5) is 4.09. The highest BCUT2D eigenvalue weighted by Gasteiger charge is 2.23. The van der Waals surface area contributed by atoms with Gasteiger partial charge in [0.05, 0.1) is 7.11 Å². The first-order chi connectivity index (χ1) is 9.44. The minimum absolute atomic E-state index is 0.0824. The average molecular weight is 297 g/mol. The van der Waals surface area contributed by atoms with Gasteiger partial charge in [0.1, 0.15) is 10.6 Å². The van der Waals surface area contributed by atoms with E-state index < -0.39 is 10.0 Å². The Morgan fingerprint density at radius 3 is 2.60 bits per heavy atom. The number of methoxy groups -OCH3 is 1. The van der Waals surface area contributed by atoms with Crippen molar-refractivity contribution in [2.45, 2.75) is 25.3 Å². The largest absolute Gasteiger partial charge is 0.481 e. The minimum atomic E-state index is -3.66. The monoisotopic (exact) mass is 297 g/mol. The summed E-state index contributed by atoms with van der Waals surface area (Å²) < 4.78 is 36.6. The van der Waals surface area contributed by atoms with Crippen LogP contribution in [-0.4, -0.2) is 25.7 Å². The smallest absolute Gasteiger partial charge is 0.246 e. The van der Waals surface area contributed by atoms with Gasteiger partial charge in [-0.15, -0.1) is 0 Å². The molecule has 0 atom stereocenters. The molecule has 2 heterocycles. The van der Waals surface area contributed by atoms with Crippen molar-refractivity contribution in [2.75, 3.05) is 7.11 Å². The Morgan fingerprint density at radius 1 is 1.35 bits per heavy atom. The van der Waals surface area contributed by atoms with Crippen LogP contribution in [0.3, 0.4) is 0 Å². The molecule has 0 aliphatic heterocycles. The zero-order valence-electron chi connectivity index (χ0n) is 11.4. The number of hydrogen-bond acceptors (Lipinski definition) is 6. The van der Waals surface area contributed by atoms with Crippen LogP contribution < -0.4 is 9.46 Å². The molecule has 0 radical (unpaired) electrons. The second-order valence-corrected chi connectivity index (χ2v) is 5.89. The predicted octanol–water partition coefficient (Wildman–Crippen LogP) is 1.17. The van der Waals surface area contributed by atoms with E-state index in [1.807, 2.05) is 0 Å². The molecule has 0 saturated heterocycles. The molecule has 1 N–H and O–H groups in total. The van der Waals surface area contributed by atoms with Crippen LogP contribution >= 0.6 is 0 Å². The molecule has 0 unspecified atom stereocenters. The van der Waals surface area contributed by atoms with Crippen LogP contribution in [0.15, 0.2) is 27.7 Å². The van der Waals surface area contributed by atoms with Crippen molar-refractivity contribution in [3.05, 3.63) is 35.3 Å². The zero-order valence-corrected chi connectivity index (χ0v) is 12.2. The molecular weight excluding hydrogens is 282 g/mol. The molecule has 2 rings (SSSR count). The van der Waals surface area contributed by atoms with Crippen LogP contribution in [0.25, 0.3) is 0 Å².